The molecule has 2 N–H and O–H groups in total. The van der Waals surface area contributed by atoms with Crippen LogP contribution in [0.15, 0.2) is 42.5 Å². The number of nitrogen functional groups attached to an aromatic ring is 1. The van der Waals surface area contributed by atoms with Gasteiger partial charge >= 0.3 is 5.97 Å². The Morgan fingerprint density at radius 1 is 1.12 bits per heavy atom. The lowest BCUT2D eigenvalue weighted by atomic mass is 10.1. The van der Waals surface area contributed by atoms with E-state index in [1.54, 1.807) is 24.3 Å². The predicted octanol–water partition coefficient (Wildman–Crippen LogP) is 1.63. The van der Waals surface area contributed by atoms with E-state index in [1.165, 1.54) is 12.1 Å². The van der Waals surface area contributed by atoms with E-state index in [0.717, 1.165) is 11.0 Å². The maximum atomic E-state index is 12.2. The third-order valence-electron chi connectivity index (χ3n) is 3.89. The molecule has 0 bridgehead atoms. The molecule has 0 aromatic heterocycles. The van der Waals surface area contributed by atoms with Gasteiger partial charge in [0.1, 0.15) is 12.3 Å². The number of fused-ring (bicyclic) bond motifs is 1. The Labute approximate surface area is 147 Å². The zero-order valence-corrected chi connectivity index (χ0v) is 13.4. The van der Waals surface area contributed by atoms with E-state index >= 15 is 0 Å². The molecule has 1 aliphatic rings. The minimum Gasteiger partial charge on any atom is -0.460 e. The zero-order valence-electron chi connectivity index (χ0n) is 13.4. The number of nitrogens with two attached hydrogens (primary N) is 1. The SMILES string of the molecule is Nc1ccc(C(=O)OCCN2C(=O)c3ccccc3C2=O)cc1[N+](=O)[O-]. The van der Waals surface area contributed by atoms with Gasteiger partial charge in [-0.3, -0.25) is 24.6 Å². The van der Waals surface area contributed by atoms with E-state index in [9.17, 15) is 24.5 Å². The van der Waals surface area contributed by atoms with E-state index in [4.69, 9.17) is 10.5 Å². The van der Waals surface area contributed by atoms with Gasteiger partial charge in [0.15, 0.2) is 0 Å². The van der Waals surface area contributed by atoms with Crippen molar-refractivity contribution in [1.29, 1.82) is 0 Å². The second-order valence-electron chi connectivity index (χ2n) is 5.47. The van der Waals surface area contributed by atoms with Crippen LogP contribution in [0.5, 0.6) is 0 Å². The van der Waals surface area contributed by atoms with Crippen LogP contribution in [-0.2, 0) is 4.74 Å². The Morgan fingerprint density at radius 2 is 1.73 bits per heavy atom. The summed E-state index contributed by atoms with van der Waals surface area (Å²) >= 11 is 0. The lowest BCUT2D eigenvalue weighted by molar-refractivity contribution is -0.383. The molecule has 0 spiro atoms. The van der Waals surface area contributed by atoms with Crippen molar-refractivity contribution in [3.63, 3.8) is 0 Å². The van der Waals surface area contributed by atoms with Gasteiger partial charge in [0.2, 0.25) is 0 Å². The van der Waals surface area contributed by atoms with Gasteiger partial charge in [-0.15, -0.1) is 0 Å². The molecule has 0 fully saturated rings. The fourth-order valence-corrected chi connectivity index (χ4v) is 2.58. The molecule has 132 valence electrons. The summed E-state index contributed by atoms with van der Waals surface area (Å²) in [7, 11) is 0. The van der Waals surface area contributed by atoms with Crippen molar-refractivity contribution in [3.8, 4) is 0 Å². The maximum Gasteiger partial charge on any atom is 0.338 e. The molecule has 9 heteroatoms. The fourth-order valence-electron chi connectivity index (χ4n) is 2.58. The number of nitrogens with zero attached hydrogens (tertiary/aromatic N) is 2. The number of nitro groups is 1. The highest BCUT2D eigenvalue weighted by atomic mass is 16.6. The number of ether oxygens (including phenoxy) is 1. The van der Waals surface area contributed by atoms with Crippen LogP contribution in [0.2, 0.25) is 0 Å². The van der Waals surface area contributed by atoms with Crippen molar-refractivity contribution < 1.29 is 24.0 Å². The number of rotatable bonds is 5. The first kappa shape index (κ1) is 17.1. The molecular weight excluding hydrogens is 342 g/mol. The molecule has 2 aromatic carbocycles. The van der Waals surface area contributed by atoms with Crippen LogP contribution in [0.1, 0.15) is 31.1 Å². The Hall–Kier alpha value is -3.75. The number of anilines is 1. The summed E-state index contributed by atoms with van der Waals surface area (Å²) in [5.41, 5.74) is 5.56. The number of nitro benzene ring substituents is 1. The third kappa shape index (κ3) is 2.97. The summed E-state index contributed by atoms with van der Waals surface area (Å²) in [6.45, 7) is -0.350. The van der Waals surface area contributed by atoms with Crippen LogP contribution >= 0.6 is 0 Å². The van der Waals surface area contributed by atoms with Crippen LogP contribution in [0.4, 0.5) is 11.4 Å². The van der Waals surface area contributed by atoms with Crippen LogP contribution in [-0.4, -0.2) is 40.8 Å². The van der Waals surface area contributed by atoms with E-state index in [0.29, 0.717) is 11.1 Å². The lowest BCUT2D eigenvalue weighted by Crippen LogP contribution is -2.33. The number of carbonyl (C=O) groups excluding carboxylic acids is 3. The molecule has 9 nitrogen and oxygen atoms in total. The van der Waals surface area contributed by atoms with Gasteiger partial charge in [0.25, 0.3) is 17.5 Å². The van der Waals surface area contributed by atoms with Crippen molar-refractivity contribution in [3.05, 3.63) is 69.3 Å². The first-order chi connectivity index (χ1) is 12.4. The van der Waals surface area contributed by atoms with Crippen molar-refractivity contribution in [2.45, 2.75) is 0 Å². The lowest BCUT2D eigenvalue weighted by Gasteiger charge is -2.13. The number of amides is 2. The molecule has 1 heterocycles. The number of benzene rings is 2. The normalized spacial score (nSPS) is 12.8. The smallest absolute Gasteiger partial charge is 0.338 e. The quantitative estimate of drug-likeness (QED) is 0.283. The van der Waals surface area contributed by atoms with Gasteiger partial charge in [-0.25, -0.2) is 4.79 Å². The van der Waals surface area contributed by atoms with Crippen LogP contribution in [0.25, 0.3) is 0 Å². The monoisotopic (exact) mass is 355 g/mol. The van der Waals surface area contributed by atoms with Gasteiger partial charge in [-0.2, -0.15) is 0 Å². The summed E-state index contributed by atoms with van der Waals surface area (Å²) in [5, 5.41) is 10.9. The van der Waals surface area contributed by atoms with Gasteiger partial charge < -0.3 is 10.5 Å². The number of esters is 1. The van der Waals surface area contributed by atoms with Crippen molar-refractivity contribution in [2.75, 3.05) is 18.9 Å². The second kappa shape index (κ2) is 6.63. The molecule has 0 aliphatic carbocycles. The molecule has 0 saturated heterocycles. The Kier molecular flexibility index (Phi) is 4.36. The molecule has 26 heavy (non-hydrogen) atoms. The van der Waals surface area contributed by atoms with Crippen molar-refractivity contribution in [2.24, 2.45) is 0 Å². The van der Waals surface area contributed by atoms with Gasteiger partial charge in [0.05, 0.1) is 28.2 Å². The largest absolute Gasteiger partial charge is 0.460 e. The highest BCUT2D eigenvalue weighted by Gasteiger charge is 2.34. The van der Waals surface area contributed by atoms with E-state index in [2.05, 4.69) is 0 Å². The summed E-state index contributed by atoms with van der Waals surface area (Å²) in [4.78, 5) is 47.5. The third-order valence-corrected chi connectivity index (χ3v) is 3.89. The molecule has 3 rings (SSSR count). The summed E-state index contributed by atoms with van der Waals surface area (Å²) < 4.78 is 5.01. The average molecular weight is 355 g/mol. The molecule has 0 saturated carbocycles. The Balaban J connectivity index is 1.63. The van der Waals surface area contributed by atoms with Gasteiger partial charge in [-0.1, -0.05) is 12.1 Å². The van der Waals surface area contributed by atoms with E-state index in [-0.39, 0.29) is 24.4 Å². The predicted molar refractivity (Wildman–Crippen MR) is 89.6 cm³/mol. The van der Waals surface area contributed by atoms with Crippen LogP contribution in [0.3, 0.4) is 0 Å². The van der Waals surface area contributed by atoms with Gasteiger partial charge in [0, 0.05) is 6.07 Å². The summed E-state index contributed by atoms with van der Waals surface area (Å²) in [5.74, 6) is -1.72. The first-order valence-electron chi connectivity index (χ1n) is 7.56. The molecule has 1 aliphatic heterocycles. The molecule has 0 radical (unpaired) electrons. The molecule has 2 amide bonds. The minimum atomic E-state index is -0.815. The average Bonchev–Trinajstić information content (AvgIpc) is 2.87. The topological polar surface area (TPSA) is 133 Å². The highest BCUT2D eigenvalue weighted by Crippen LogP contribution is 2.23. The molecular formula is C17H13N3O6. The van der Waals surface area contributed by atoms with Crippen molar-refractivity contribution >= 4 is 29.2 Å². The molecule has 2 aromatic rings. The van der Waals surface area contributed by atoms with Crippen LogP contribution < -0.4 is 5.73 Å². The number of hydrogen-bond donors (Lipinski definition) is 1. The standard InChI is InChI=1S/C17H13N3O6/c18-13-6-5-10(9-14(13)20(24)25)17(23)26-8-7-19-15(21)11-3-1-2-4-12(11)16(19)22/h1-6,9H,7-8,18H2. The Morgan fingerprint density at radius 3 is 2.31 bits per heavy atom. The van der Waals surface area contributed by atoms with Gasteiger partial charge in [-0.05, 0) is 24.3 Å². The number of imide groups is 1. The fraction of sp³-hybridized carbons (Fsp3) is 0.118. The highest BCUT2D eigenvalue weighted by molar-refractivity contribution is 6.21. The van der Waals surface area contributed by atoms with E-state index < -0.39 is 28.4 Å². The maximum absolute atomic E-state index is 12.2. The zero-order chi connectivity index (χ0) is 18.8. The summed E-state index contributed by atoms with van der Waals surface area (Å²) in [6.07, 6.45) is 0. The Bertz CT molecular complexity index is 905. The summed E-state index contributed by atoms with van der Waals surface area (Å²) in [6, 6.07) is 9.96. The number of carbonyl (C=O) groups is 3. The second-order valence-corrected chi connectivity index (χ2v) is 5.47. The minimum absolute atomic E-state index is 0.0479. The van der Waals surface area contributed by atoms with E-state index in [1.807, 2.05) is 0 Å². The van der Waals surface area contributed by atoms with Crippen molar-refractivity contribution in [1.82, 2.24) is 4.90 Å². The van der Waals surface area contributed by atoms with Crippen LogP contribution in [0, 0.1) is 10.1 Å². The molecule has 0 atom stereocenters. The first-order valence-corrected chi connectivity index (χ1v) is 7.56. The molecule has 0 unspecified atom stereocenters. The number of hydrogen-bond acceptors (Lipinski definition) is 7.